The van der Waals surface area contributed by atoms with Crippen molar-refractivity contribution >= 4 is 24.9 Å². The number of fused-ring (bicyclic) bond motifs is 3. The van der Waals surface area contributed by atoms with Crippen molar-refractivity contribution in [1.29, 1.82) is 0 Å². The summed E-state index contributed by atoms with van der Waals surface area (Å²) in [6, 6.07) is 20.3. The van der Waals surface area contributed by atoms with Crippen molar-refractivity contribution in [3.8, 4) is 11.1 Å². The Labute approximate surface area is 139 Å². The van der Waals surface area contributed by atoms with Crippen LogP contribution in [0.4, 0.5) is 14.3 Å². The summed E-state index contributed by atoms with van der Waals surface area (Å²) >= 11 is 0. The molecule has 0 saturated carbocycles. The van der Waals surface area contributed by atoms with E-state index in [1.54, 1.807) is 36.5 Å². The van der Waals surface area contributed by atoms with Crippen molar-refractivity contribution < 1.29 is 8.63 Å². The van der Waals surface area contributed by atoms with Crippen molar-refractivity contribution in [2.75, 3.05) is 4.81 Å². The molecule has 0 atom stereocenters. The van der Waals surface area contributed by atoms with E-state index in [1.165, 1.54) is 0 Å². The Hall–Kier alpha value is -2.95. The second-order valence-corrected chi connectivity index (χ2v) is 5.49. The Morgan fingerprint density at radius 3 is 2.17 bits per heavy atom. The zero-order chi connectivity index (χ0) is 16.5. The van der Waals surface area contributed by atoms with E-state index < -0.39 is 7.40 Å². The fraction of sp³-hybridized carbons (Fsp3) is 0. The highest BCUT2D eigenvalue weighted by atomic mass is 19.2. The summed E-state index contributed by atoms with van der Waals surface area (Å²) in [5, 5.41) is 0. The van der Waals surface area contributed by atoms with Crippen LogP contribution in [0, 0.1) is 0 Å². The van der Waals surface area contributed by atoms with Gasteiger partial charge in [-0.25, -0.2) is 0 Å². The van der Waals surface area contributed by atoms with Crippen LogP contribution in [-0.4, -0.2) is 12.4 Å². The lowest BCUT2D eigenvalue weighted by Crippen LogP contribution is -2.34. The van der Waals surface area contributed by atoms with Crippen LogP contribution in [0.1, 0.15) is 11.3 Å². The Morgan fingerprint density at radius 2 is 1.46 bits per heavy atom. The molecule has 1 aliphatic heterocycles. The number of nitrogens with zero attached hydrogens (tertiary/aromatic N) is 2. The fourth-order valence-electron chi connectivity index (χ4n) is 3.07. The molecule has 0 spiro atoms. The minimum absolute atomic E-state index is 0.456. The molecule has 2 heterocycles. The van der Waals surface area contributed by atoms with Gasteiger partial charge in [-0.1, -0.05) is 48.5 Å². The monoisotopic (exact) mass is 318 g/mol. The minimum atomic E-state index is -2.64. The average molecular weight is 318 g/mol. The maximum absolute atomic E-state index is 13.9. The summed E-state index contributed by atoms with van der Waals surface area (Å²) < 4.78 is 27.8. The number of aromatic nitrogens is 1. The molecular weight excluding hydrogens is 305 g/mol. The molecule has 0 N–H and O–H groups in total. The van der Waals surface area contributed by atoms with Gasteiger partial charge in [-0.15, -0.1) is 0 Å². The van der Waals surface area contributed by atoms with Gasteiger partial charge in [0.2, 0.25) is 0 Å². The van der Waals surface area contributed by atoms with Crippen molar-refractivity contribution in [3.63, 3.8) is 0 Å². The Kier molecular flexibility index (Phi) is 3.61. The van der Waals surface area contributed by atoms with Gasteiger partial charge in [-0.3, -0.25) is 13.6 Å². The normalized spacial score (nSPS) is 14.2. The number of pyridine rings is 1. The van der Waals surface area contributed by atoms with Gasteiger partial charge in [0.15, 0.2) is 0 Å². The van der Waals surface area contributed by atoms with E-state index >= 15 is 0 Å². The minimum Gasteiger partial charge on any atom is -0.325 e. The fourth-order valence-corrected chi connectivity index (χ4v) is 3.07. The van der Waals surface area contributed by atoms with Crippen LogP contribution in [0.25, 0.3) is 22.9 Å². The topological polar surface area (TPSA) is 16.1 Å². The SMILES string of the molecule is FB(F)N1/C(=C/c2ccccn2)c2ccccc2-c2ccccc21. The highest BCUT2D eigenvalue weighted by molar-refractivity contribution is 6.53. The third kappa shape index (κ3) is 2.38. The summed E-state index contributed by atoms with van der Waals surface area (Å²) in [6.45, 7) is 0. The molecule has 0 unspecified atom stereocenters. The molecule has 1 aromatic heterocycles. The molecule has 0 saturated heterocycles. The summed E-state index contributed by atoms with van der Waals surface area (Å²) in [6.07, 6.45) is 3.36. The van der Waals surface area contributed by atoms with Crippen LogP contribution in [-0.2, 0) is 0 Å². The van der Waals surface area contributed by atoms with Gasteiger partial charge in [-0.2, -0.15) is 0 Å². The predicted octanol–water partition coefficient (Wildman–Crippen LogP) is 4.99. The molecule has 3 aromatic rings. The molecule has 0 amide bonds. The first kappa shape index (κ1) is 14.6. The lowest BCUT2D eigenvalue weighted by atomic mass is 9.87. The Balaban J connectivity index is 2.00. The van der Waals surface area contributed by atoms with Gasteiger partial charge >= 0.3 is 7.40 Å². The van der Waals surface area contributed by atoms with Gasteiger partial charge in [0.1, 0.15) is 0 Å². The van der Waals surface area contributed by atoms with Crippen molar-refractivity contribution in [2.45, 2.75) is 0 Å². The summed E-state index contributed by atoms with van der Waals surface area (Å²) in [4.78, 5) is 5.32. The third-order valence-corrected chi connectivity index (χ3v) is 4.08. The summed E-state index contributed by atoms with van der Waals surface area (Å²) in [7, 11) is -2.64. The molecule has 116 valence electrons. The summed E-state index contributed by atoms with van der Waals surface area (Å²) in [5.74, 6) is 0. The number of para-hydroxylation sites is 1. The predicted molar refractivity (Wildman–Crippen MR) is 94.4 cm³/mol. The van der Waals surface area contributed by atoms with Crippen LogP contribution in [0.3, 0.4) is 0 Å². The second kappa shape index (κ2) is 5.93. The van der Waals surface area contributed by atoms with Crippen LogP contribution < -0.4 is 4.81 Å². The Morgan fingerprint density at radius 1 is 0.792 bits per heavy atom. The standard InChI is InChI=1S/C19H13BF2N2/c21-20(22)24-18-11-4-3-9-16(18)15-8-1-2-10-17(15)19(24)13-14-7-5-6-12-23-14/h1-13H/b19-13+. The van der Waals surface area contributed by atoms with Crippen molar-refractivity contribution in [2.24, 2.45) is 0 Å². The number of anilines is 1. The van der Waals surface area contributed by atoms with Crippen LogP contribution in [0.5, 0.6) is 0 Å². The largest absolute Gasteiger partial charge is 0.678 e. The molecule has 1 aliphatic rings. The number of hydrogen-bond acceptors (Lipinski definition) is 2. The lowest BCUT2D eigenvalue weighted by Gasteiger charge is -2.33. The van der Waals surface area contributed by atoms with Gasteiger partial charge in [0, 0.05) is 28.7 Å². The van der Waals surface area contributed by atoms with Gasteiger partial charge < -0.3 is 4.81 Å². The summed E-state index contributed by atoms with van der Waals surface area (Å²) in [5.41, 5.74) is 4.15. The zero-order valence-corrected chi connectivity index (χ0v) is 12.7. The van der Waals surface area contributed by atoms with Crippen LogP contribution >= 0.6 is 0 Å². The van der Waals surface area contributed by atoms with E-state index in [2.05, 4.69) is 4.98 Å². The number of halogens is 2. The van der Waals surface area contributed by atoms with Gasteiger partial charge in [0.05, 0.1) is 5.69 Å². The first-order valence-corrected chi connectivity index (χ1v) is 7.64. The third-order valence-electron chi connectivity index (χ3n) is 4.08. The second-order valence-electron chi connectivity index (χ2n) is 5.49. The smallest absolute Gasteiger partial charge is 0.325 e. The number of benzene rings is 2. The van der Waals surface area contributed by atoms with E-state index in [9.17, 15) is 8.63 Å². The van der Waals surface area contributed by atoms with E-state index in [4.69, 9.17) is 0 Å². The molecule has 0 aliphatic carbocycles. The molecule has 2 aromatic carbocycles. The molecule has 0 radical (unpaired) electrons. The quantitative estimate of drug-likeness (QED) is 0.619. The van der Waals surface area contributed by atoms with Crippen LogP contribution in [0.2, 0.25) is 0 Å². The van der Waals surface area contributed by atoms with Gasteiger partial charge in [0.25, 0.3) is 0 Å². The highest BCUT2D eigenvalue weighted by Gasteiger charge is 2.35. The zero-order valence-electron chi connectivity index (χ0n) is 12.7. The van der Waals surface area contributed by atoms with E-state index in [1.807, 2.05) is 42.5 Å². The molecule has 0 fully saturated rings. The molecule has 5 heteroatoms. The van der Waals surface area contributed by atoms with E-state index in [0.717, 1.165) is 21.5 Å². The maximum Gasteiger partial charge on any atom is 0.678 e. The number of hydrogen-bond donors (Lipinski definition) is 0. The lowest BCUT2D eigenvalue weighted by molar-refractivity contribution is 0.657. The van der Waals surface area contributed by atoms with Crippen molar-refractivity contribution in [1.82, 2.24) is 4.98 Å². The van der Waals surface area contributed by atoms with Crippen LogP contribution in [0.15, 0.2) is 72.9 Å². The molecule has 24 heavy (non-hydrogen) atoms. The molecule has 2 nitrogen and oxygen atoms in total. The molecule has 0 bridgehead atoms. The first-order chi connectivity index (χ1) is 11.8. The molecule has 4 rings (SSSR count). The maximum atomic E-state index is 13.9. The Bertz CT molecular complexity index is 910. The highest BCUT2D eigenvalue weighted by Crippen LogP contribution is 2.45. The number of rotatable bonds is 2. The average Bonchev–Trinajstić information content (AvgIpc) is 2.62. The first-order valence-electron chi connectivity index (χ1n) is 7.64. The van der Waals surface area contributed by atoms with E-state index in [-0.39, 0.29) is 0 Å². The van der Waals surface area contributed by atoms with Crippen molar-refractivity contribution in [3.05, 3.63) is 84.2 Å². The van der Waals surface area contributed by atoms with Gasteiger partial charge in [-0.05, 0) is 29.8 Å². The van der Waals surface area contributed by atoms with E-state index in [0.29, 0.717) is 17.1 Å². The molecular formula is C19H13BF2N2.